The Hall–Kier alpha value is -3.98. The second-order valence-corrected chi connectivity index (χ2v) is 8.95. The Balaban J connectivity index is 1.76. The van der Waals surface area contributed by atoms with Gasteiger partial charge in [-0.15, -0.1) is 0 Å². The molecule has 0 spiro atoms. The molecule has 0 saturated heterocycles. The number of rotatable bonds is 13. The number of methoxy groups -OCH3 is 3. The second kappa shape index (κ2) is 14.1. The summed E-state index contributed by atoms with van der Waals surface area (Å²) in [7, 11) is 4.75. The number of furan rings is 1. The van der Waals surface area contributed by atoms with E-state index in [9.17, 15) is 9.59 Å². The van der Waals surface area contributed by atoms with Crippen molar-refractivity contribution in [2.24, 2.45) is 0 Å². The third-order valence-corrected chi connectivity index (χ3v) is 6.29. The molecule has 1 aromatic heterocycles. The number of carbonyl (C=O) groups excluding carboxylic acids is 2. The van der Waals surface area contributed by atoms with Gasteiger partial charge in [-0.05, 0) is 61.2 Å². The molecule has 0 fully saturated rings. The van der Waals surface area contributed by atoms with E-state index in [1.807, 2.05) is 56.3 Å². The molecule has 0 aliphatic carbocycles. The van der Waals surface area contributed by atoms with Gasteiger partial charge in [-0.1, -0.05) is 24.3 Å². The molecule has 3 rings (SSSR count). The Labute approximate surface area is 224 Å². The summed E-state index contributed by atoms with van der Waals surface area (Å²) in [6.45, 7) is 5.05. The molecule has 0 radical (unpaired) electrons. The van der Waals surface area contributed by atoms with E-state index in [0.717, 1.165) is 22.4 Å². The first kappa shape index (κ1) is 28.6. The Bertz CT molecular complexity index is 1170. The van der Waals surface area contributed by atoms with Gasteiger partial charge >= 0.3 is 6.03 Å². The molecule has 0 atom stereocenters. The van der Waals surface area contributed by atoms with Gasteiger partial charge in [0.15, 0.2) is 11.5 Å². The molecule has 0 aliphatic heterocycles. The molecule has 3 aromatic rings. The van der Waals surface area contributed by atoms with Crippen molar-refractivity contribution in [3.63, 3.8) is 0 Å². The number of urea groups is 1. The number of anilines is 1. The lowest BCUT2D eigenvalue weighted by Crippen LogP contribution is -2.46. The molecule has 9 nitrogen and oxygen atoms in total. The zero-order valence-corrected chi connectivity index (χ0v) is 22.8. The van der Waals surface area contributed by atoms with Crippen LogP contribution in [0.1, 0.15) is 22.5 Å². The van der Waals surface area contributed by atoms with Crippen molar-refractivity contribution in [1.82, 2.24) is 9.80 Å². The average Bonchev–Trinajstić information content (AvgIpc) is 3.43. The lowest BCUT2D eigenvalue weighted by Gasteiger charge is -2.28. The predicted molar refractivity (Wildman–Crippen MR) is 146 cm³/mol. The Morgan fingerprint density at radius 3 is 2.26 bits per heavy atom. The fraction of sp³-hybridized carbons (Fsp3) is 0.379. The maximum absolute atomic E-state index is 13.6. The van der Waals surface area contributed by atoms with Crippen LogP contribution in [0.5, 0.6) is 11.5 Å². The molecule has 204 valence electrons. The molecule has 38 heavy (non-hydrogen) atoms. The third-order valence-electron chi connectivity index (χ3n) is 6.29. The van der Waals surface area contributed by atoms with E-state index in [2.05, 4.69) is 5.32 Å². The van der Waals surface area contributed by atoms with Crippen LogP contribution in [-0.2, 0) is 22.5 Å². The molecule has 1 heterocycles. The number of aryl methyl sites for hydroxylation is 2. The molecular weight excluding hydrogens is 486 g/mol. The van der Waals surface area contributed by atoms with Crippen LogP contribution in [0.3, 0.4) is 0 Å². The Morgan fingerprint density at radius 2 is 1.63 bits per heavy atom. The first-order valence-electron chi connectivity index (χ1n) is 12.5. The quantitative estimate of drug-likeness (QED) is 0.350. The predicted octanol–water partition coefficient (Wildman–Crippen LogP) is 4.67. The summed E-state index contributed by atoms with van der Waals surface area (Å²) in [6.07, 6.45) is 2.16. The molecule has 0 saturated carbocycles. The number of amides is 3. The van der Waals surface area contributed by atoms with Crippen molar-refractivity contribution in [2.75, 3.05) is 52.9 Å². The van der Waals surface area contributed by atoms with Gasteiger partial charge in [0.05, 0.1) is 33.6 Å². The van der Waals surface area contributed by atoms with Gasteiger partial charge in [-0.2, -0.15) is 0 Å². The SMILES string of the molecule is COCCN(CC(=O)N(CCc1ccc(OC)c(OC)c1)Cc1ccco1)C(=O)Nc1c(C)cccc1C. The number of nitrogens with zero attached hydrogens (tertiary/aromatic N) is 2. The van der Waals surface area contributed by atoms with Gasteiger partial charge in [-0.3, -0.25) is 4.79 Å². The zero-order valence-electron chi connectivity index (χ0n) is 22.8. The van der Waals surface area contributed by atoms with Crippen LogP contribution < -0.4 is 14.8 Å². The standard InChI is InChI=1S/C29H37N3O6/c1-21-8-6-9-22(2)28(21)30-29(34)32(15-17-35-3)20-27(33)31(19-24-10-7-16-38-24)14-13-23-11-12-25(36-4)26(18-23)37-5/h6-12,16,18H,13-15,17,19-20H2,1-5H3,(H,30,34). The van der Waals surface area contributed by atoms with Gasteiger partial charge in [0.25, 0.3) is 0 Å². The highest BCUT2D eigenvalue weighted by Gasteiger charge is 2.23. The first-order chi connectivity index (χ1) is 18.4. The number of benzene rings is 2. The Morgan fingerprint density at radius 1 is 0.895 bits per heavy atom. The minimum Gasteiger partial charge on any atom is -0.493 e. The molecular formula is C29H37N3O6. The number of para-hydroxylation sites is 1. The van der Waals surface area contributed by atoms with Crippen LogP contribution >= 0.6 is 0 Å². The minimum absolute atomic E-state index is 0.104. The second-order valence-electron chi connectivity index (χ2n) is 8.95. The van der Waals surface area contributed by atoms with E-state index in [1.54, 1.807) is 38.6 Å². The normalized spacial score (nSPS) is 10.7. The van der Waals surface area contributed by atoms with Crippen LogP contribution in [0, 0.1) is 13.8 Å². The lowest BCUT2D eigenvalue weighted by atomic mass is 10.1. The Kier molecular flexibility index (Phi) is 10.6. The monoisotopic (exact) mass is 523 g/mol. The van der Waals surface area contributed by atoms with Gasteiger partial charge < -0.3 is 33.7 Å². The van der Waals surface area contributed by atoms with Crippen LogP contribution in [0.2, 0.25) is 0 Å². The molecule has 3 amide bonds. The number of nitrogens with one attached hydrogen (secondary N) is 1. The number of ether oxygens (including phenoxy) is 3. The molecule has 0 unspecified atom stereocenters. The maximum Gasteiger partial charge on any atom is 0.322 e. The lowest BCUT2D eigenvalue weighted by molar-refractivity contribution is -0.132. The highest BCUT2D eigenvalue weighted by molar-refractivity contribution is 5.93. The minimum atomic E-state index is -0.356. The van der Waals surface area contributed by atoms with E-state index < -0.39 is 0 Å². The van der Waals surface area contributed by atoms with E-state index in [0.29, 0.717) is 36.8 Å². The summed E-state index contributed by atoms with van der Waals surface area (Å²) in [5.41, 5.74) is 3.63. The van der Waals surface area contributed by atoms with Crippen LogP contribution in [-0.4, -0.2) is 69.3 Å². The van der Waals surface area contributed by atoms with Crippen molar-refractivity contribution in [2.45, 2.75) is 26.8 Å². The summed E-state index contributed by atoms with van der Waals surface area (Å²) in [5, 5.41) is 2.98. The summed E-state index contributed by atoms with van der Waals surface area (Å²) < 4.78 is 21.5. The third kappa shape index (κ3) is 7.76. The molecule has 0 aliphatic rings. The number of hydrogen-bond donors (Lipinski definition) is 1. The van der Waals surface area contributed by atoms with E-state index in [-0.39, 0.29) is 31.6 Å². The summed E-state index contributed by atoms with van der Waals surface area (Å²) in [6, 6.07) is 14.8. The van der Waals surface area contributed by atoms with Crippen molar-refractivity contribution in [1.29, 1.82) is 0 Å². The van der Waals surface area contributed by atoms with E-state index >= 15 is 0 Å². The smallest absolute Gasteiger partial charge is 0.322 e. The fourth-order valence-corrected chi connectivity index (χ4v) is 4.10. The van der Waals surface area contributed by atoms with Crippen LogP contribution in [0.15, 0.2) is 59.2 Å². The number of hydrogen-bond acceptors (Lipinski definition) is 6. The molecule has 2 aromatic carbocycles. The van der Waals surface area contributed by atoms with Gasteiger partial charge in [0, 0.05) is 25.9 Å². The van der Waals surface area contributed by atoms with Gasteiger partial charge in [0.1, 0.15) is 12.3 Å². The van der Waals surface area contributed by atoms with Gasteiger partial charge in [0.2, 0.25) is 5.91 Å². The molecule has 1 N–H and O–H groups in total. The summed E-state index contributed by atoms with van der Waals surface area (Å²) in [4.78, 5) is 30.0. The topological polar surface area (TPSA) is 93.5 Å². The largest absolute Gasteiger partial charge is 0.493 e. The average molecular weight is 524 g/mol. The summed E-state index contributed by atoms with van der Waals surface area (Å²) in [5.74, 6) is 1.73. The van der Waals surface area contributed by atoms with Crippen molar-refractivity contribution >= 4 is 17.6 Å². The fourth-order valence-electron chi connectivity index (χ4n) is 4.10. The molecule has 9 heteroatoms. The highest BCUT2D eigenvalue weighted by atomic mass is 16.5. The highest BCUT2D eigenvalue weighted by Crippen LogP contribution is 2.28. The number of carbonyl (C=O) groups is 2. The van der Waals surface area contributed by atoms with Crippen molar-refractivity contribution in [3.8, 4) is 11.5 Å². The van der Waals surface area contributed by atoms with Crippen LogP contribution in [0.25, 0.3) is 0 Å². The van der Waals surface area contributed by atoms with Crippen molar-refractivity contribution < 1.29 is 28.2 Å². The maximum atomic E-state index is 13.6. The van der Waals surface area contributed by atoms with Crippen molar-refractivity contribution in [3.05, 3.63) is 77.2 Å². The van der Waals surface area contributed by atoms with Crippen LogP contribution in [0.4, 0.5) is 10.5 Å². The van der Waals surface area contributed by atoms with E-state index in [1.165, 1.54) is 4.90 Å². The molecule has 0 bridgehead atoms. The van der Waals surface area contributed by atoms with Gasteiger partial charge in [-0.25, -0.2) is 4.79 Å². The zero-order chi connectivity index (χ0) is 27.5. The van der Waals surface area contributed by atoms with E-state index in [4.69, 9.17) is 18.6 Å². The summed E-state index contributed by atoms with van der Waals surface area (Å²) >= 11 is 0. The first-order valence-corrected chi connectivity index (χ1v) is 12.5.